The van der Waals surface area contributed by atoms with Crippen LogP contribution in [0.3, 0.4) is 0 Å². The molecule has 2 aromatic rings. The number of hydrogen-bond donors (Lipinski definition) is 2. The molecule has 2 N–H and O–H groups in total. The molecule has 1 heterocycles. The van der Waals surface area contributed by atoms with Crippen molar-refractivity contribution in [3.8, 4) is 0 Å². The van der Waals surface area contributed by atoms with Crippen LogP contribution in [-0.2, 0) is 6.54 Å². The Hall–Kier alpha value is -1.68. The van der Waals surface area contributed by atoms with Gasteiger partial charge in [0.05, 0.1) is 5.02 Å². The largest absolute Gasteiger partial charge is 0.465 e. The summed E-state index contributed by atoms with van der Waals surface area (Å²) in [5.41, 5.74) is 1.92. The molecule has 0 aliphatic heterocycles. The molecule has 1 aromatic carbocycles. The standard InChI is InChI=1S/C13H13ClN2O2/c14-11-6-15-12-5-8(1-4-10(11)12)7-16(13(17)18)9-2-3-9/h1,4-6,9,15H,2-3,7H2,(H,17,18). The second-order valence-electron chi connectivity index (χ2n) is 4.66. The molecule has 1 aromatic heterocycles. The van der Waals surface area contributed by atoms with Crippen molar-refractivity contribution in [2.45, 2.75) is 25.4 Å². The number of benzene rings is 1. The molecule has 0 unspecified atom stereocenters. The van der Waals surface area contributed by atoms with Crippen molar-refractivity contribution in [3.63, 3.8) is 0 Å². The summed E-state index contributed by atoms with van der Waals surface area (Å²) in [4.78, 5) is 15.7. The van der Waals surface area contributed by atoms with Gasteiger partial charge < -0.3 is 15.0 Å². The fraction of sp³-hybridized carbons (Fsp3) is 0.308. The first kappa shape index (κ1) is 11.4. The first-order chi connectivity index (χ1) is 8.65. The van der Waals surface area contributed by atoms with Gasteiger partial charge in [0.1, 0.15) is 0 Å². The minimum absolute atomic E-state index is 0.199. The minimum Gasteiger partial charge on any atom is -0.465 e. The number of carbonyl (C=O) groups is 1. The van der Waals surface area contributed by atoms with E-state index in [4.69, 9.17) is 16.7 Å². The zero-order chi connectivity index (χ0) is 12.7. The Labute approximate surface area is 109 Å². The summed E-state index contributed by atoms with van der Waals surface area (Å²) in [6, 6.07) is 6.02. The Morgan fingerprint density at radius 3 is 2.94 bits per heavy atom. The third-order valence-electron chi connectivity index (χ3n) is 3.28. The van der Waals surface area contributed by atoms with Crippen LogP contribution in [0.25, 0.3) is 10.9 Å². The van der Waals surface area contributed by atoms with Crippen molar-refractivity contribution >= 4 is 28.6 Å². The quantitative estimate of drug-likeness (QED) is 0.892. The first-order valence-electron chi connectivity index (χ1n) is 5.90. The molecule has 0 saturated heterocycles. The number of nitrogens with one attached hydrogen (secondary N) is 1. The average molecular weight is 265 g/mol. The third-order valence-corrected chi connectivity index (χ3v) is 3.59. The summed E-state index contributed by atoms with van der Waals surface area (Å²) in [5.74, 6) is 0. The molecule has 0 bridgehead atoms. The SMILES string of the molecule is O=C(O)N(Cc1ccc2c(Cl)c[nH]c2c1)C1CC1. The molecule has 3 rings (SSSR count). The summed E-state index contributed by atoms with van der Waals surface area (Å²) in [7, 11) is 0. The minimum atomic E-state index is -0.845. The smallest absolute Gasteiger partial charge is 0.407 e. The van der Waals surface area contributed by atoms with Gasteiger partial charge in [-0.1, -0.05) is 23.7 Å². The van der Waals surface area contributed by atoms with Gasteiger partial charge in [-0.05, 0) is 24.5 Å². The second-order valence-corrected chi connectivity index (χ2v) is 5.07. The van der Waals surface area contributed by atoms with E-state index in [2.05, 4.69) is 4.98 Å². The van der Waals surface area contributed by atoms with Gasteiger partial charge in [-0.25, -0.2) is 4.79 Å². The van der Waals surface area contributed by atoms with E-state index in [1.807, 2.05) is 18.2 Å². The van der Waals surface area contributed by atoms with Crippen LogP contribution >= 0.6 is 11.6 Å². The van der Waals surface area contributed by atoms with Crippen molar-refractivity contribution in [3.05, 3.63) is 35.0 Å². The second kappa shape index (κ2) is 4.21. The van der Waals surface area contributed by atoms with Crippen LogP contribution in [0, 0.1) is 0 Å². The molecule has 0 atom stereocenters. The van der Waals surface area contributed by atoms with Crippen LogP contribution in [0.15, 0.2) is 24.4 Å². The number of carboxylic acid groups (broad SMARTS) is 1. The topological polar surface area (TPSA) is 56.3 Å². The number of aromatic nitrogens is 1. The van der Waals surface area contributed by atoms with Crippen molar-refractivity contribution in [2.24, 2.45) is 0 Å². The van der Waals surface area contributed by atoms with E-state index in [0.29, 0.717) is 11.6 Å². The molecular formula is C13H13ClN2O2. The van der Waals surface area contributed by atoms with E-state index in [0.717, 1.165) is 29.3 Å². The van der Waals surface area contributed by atoms with Crippen LogP contribution < -0.4 is 0 Å². The van der Waals surface area contributed by atoms with Crippen LogP contribution in [-0.4, -0.2) is 27.1 Å². The van der Waals surface area contributed by atoms with E-state index in [1.165, 1.54) is 4.90 Å². The highest BCUT2D eigenvalue weighted by molar-refractivity contribution is 6.35. The summed E-state index contributed by atoms with van der Waals surface area (Å²) in [6.45, 7) is 0.437. The molecular weight excluding hydrogens is 252 g/mol. The number of fused-ring (bicyclic) bond motifs is 1. The predicted molar refractivity (Wildman–Crippen MR) is 69.9 cm³/mol. The maximum Gasteiger partial charge on any atom is 0.407 e. The summed E-state index contributed by atoms with van der Waals surface area (Å²) >= 11 is 6.01. The monoisotopic (exact) mass is 264 g/mol. The van der Waals surface area contributed by atoms with Crippen LogP contribution in [0.5, 0.6) is 0 Å². The lowest BCUT2D eigenvalue weighted by Crippen LogP contribution is -2.30. The molecule has 5 heteroatoms. The van der Waals surface area contributed by atoms with Crippen molar-refractivity contribution in [1.82, 2.24) is 9.88 Å². The average Bonchev–Trinajstić information content (AvgIpc) is 3.11. The number of nitrogens with zero attached hydrogens (tertiary/aromatic N) is 1. The number of aromatic amines is 1. The zero-order valence-corrected chi connectivity index (χ0v) is 10.4. The lowest BCUT2D eigenvalue weighted by molar-refractivity contribution is 0.139. The molecule has 1 aliphatic carbocycles. The molecule has 4 nitrogen and oxygen atoms in total. The van der Waals surface area contributed by atoms with E-state index in [1.54, 1.807) is 6.20 Å². The van der Waals surface area contributed by atoms with E-state index < -0.39 is 6.09 Å². The molecule has 94 valence electrons. The van der Waals surface area contributed by atoms with Crippen molar-refractivity contribution in [2.75, 3.05) is 0 Å². The van der Waals surface area contributed by atoms with E-state index in [-0.39, 0.29) is 6.04 Å². The molecule has 1 aliphatic rings. The first-order valence-corrected chi connectivity index (χ1v) is 6.28. The maximum absolute atomic E-state index is 11.2. The number of halogens is 1. The highest BCUT2D eigenvalue weighted by Crippen LogP contribution is 2.29. The van der Waals surface area contributed by atoms with Gasteiger partial charge >= 0.3 is 6.09 Å². The Bertz CT molecular complexity index is 604. The Kier molecular flexibility index (Phi) is 2.67. The third kappa shape index (κ3) is 2.04. The highest BCUT2D eigenvalue weighted by atomic mass is 35.5. The fourth-order valence-electron chi connectivity index (χ4n) is 2.17. The normalized spacial score (nSPS) is 14.9. The number of H-pyrrole nitrogens is 1. The lowest BCUT2D eigenvalue weighted by atomic mass is 10.1. The summed E-state index contributed by atoms with van der Waals surface area (Å²) < 4.78 is 0. The fourth-order valence-corrected chi connectivity index (χ4v) is 2.39. The van der Waals surface area contributed by atoms with E-state index in [9.17, 15) is 4.79 Å². The Morgan fingerprint density at radius 2 is 2.28 bits per heavy atom. The molecule has 0 radical (unpaired) electrons. The highest BCUT2D eigenvalue weighted by Gasteiger charge is 2.32. The Morgan fingerprint density at radius 1 is 1.50 bits per heavy atom. The maximum atomic E-state index is 11.2. The number of rotatable bonds is 3. The Balaban J connectivity index is 1.87. The lowest BCUT2D eigenvalue weighted by Gasteiger charge is -2.18. The van der Waals surface area contributed by atoms with Gasteiger partial charge in [0.25, 0.3) is 0 Å². The molecule has 1 saturated carbocycles. The van der Waals surface area contributed by atoms with Gasteiger partial charge in [-0.15, -0.1) is 0 Å². The van der Waals surface area contributed by atoms with E-state index >= 15 is 0 Å². The van der Waals surface area contributed by atoms with Crippen LogP contribution in [0.2, 0.25) is 5.02 Å². The number of amides is 1. The molecule has 0 spiro atoms. The summed E-state index contributed by atoms with van der Waals surface area (Å²) in [5, 5.41) is 10.8. The predicted octanol–water partition coefficient (Wildman–Crippen LogP) is 3.46. The van der Waals surface area contributed by atoms with Crippen molar-refractivity contribution in [1.29, 1.82) is 0 Å². The number of hydrogen-bond acceptors (Lipinski definition) is 1. The van der Waals surface area contributed by atoms with Crippen LogP contribution in [0.1, 0.15) is 18.4 Å². The molecule has 18 heavy (non-hydrogen) atoms. The van der Waals surface area contributed by atoms with Gasteiger partial charge in [0.2, 0.25) is 0 Å². The van der Waals surface area contributed by atoms with Crippen LogP contribution in [0.4, 0.5) is 4.79 Å². The summed E-state index contributed by atoms with van der Waals surface area (Å²) in [6.07, 6.45) is 2.85. The van der Waals surface area contributed by atoms with Crippen molar-refractivity contribution < 1.29 is 9.90 Å². The van der Waals surface area contributed by atoms with Gasteiger partial charge in [-0.2, -0.15) is 0 Å². The molecule has 1 amide bonds. The molecule has 1 fully saturated rings. The van der Waals surface area contributed by atoms with Gasteiger partial charge in [0.15, 0.2) is 0 Å². The zero-order valence-electron chi connectivity index (χ0n) is 9.69. The van der Waals surface area contributed by atoms with Gasteiger partial charge in [0, 0.05) is 29.7 Å². The van der Waals surface area contributed by atoms with Gasteiger partial charge in [-0.3, -0.25) is 0 Å².